The van der Waals surface area contributed by atoms with E-state index in [1.807, 2.05) is 31.2 Å². The normalized spacial score (nSPS) is 19.3. The third-order valence-electron chi connectivity index (χ3n) is 6.62. The van der Waals surface area contributed by atoms with Crippen molar-refractivity contribution < 1.29 is 17.9 Å². The molecule has 1 fully saturated rings. The second-order valence-corrected chi connectivity index (χ2v) is 13.5. The first-order valence-electron chi connectivity index (χ1n) is 12.3. The molecule has 9 nitrogen and oxygen atoms in total. The Morgan fingerprint density at radius 2 is 1.97 bits per heavy atom. The van der Waals surface area contributed by atoms with Gasteiger partial charge in [-0.3, -0.25) is 23.9 Å². The van der Waals surface area contributed by atoms with Crippen molar-refractivity contribution in [1.82, 2.24) is 14.8 Å². The van der Waals surface area contributed by atoms with Crippen molar-refractivity contribution in [3.63, 3.8) is 0 Å². The highest BCUT2D eigenvalue weighted by Crippen LogP contribution is 2.34. The predicted molar refractivity (Wildman–Crippen MR) is 151 cm³/mol. The van der Waals surface area contributed by atoms with Crippen molar-refractivity contribution in [1.29, 1.82) is 0 Å². The highest BCUT2D eigenvalue weighted by Gasteiger charge is 2.28. The smallest absolute Gasteiger partial charge is 0.320 e. The fourth-order valence-corrected chi connectivity index (χ4v) is 8.17. The number of carbonyl (C=O) groups excluding carboxylic acids is 1. The Labute approximate surface area is 225 Å². The Morgan fingerprint density at radius 1 is 1.19 bits per heavy atom. The van der Waals surface area contributed by atoms with Gasteiger partial charge in [0.1, 0.15) is 9.25 Å². The average molecular weight is 562 g/mol. The lowest BCUT2D eigenvalue weighted by Crippen LogP contribution is -2.49. The van der Waals surface area contributed by atoms with Gasteiger partial charge < -0.3 is 9.72 Å². The van der Waals surface area contributed by atoms with E-state index < -0.39 is 10.0 Å². The maximum Gasteiger partial charge on any atom is 0.320 e. The molecular weight excluding hydrogens is 531 g/mol. The summed E-state index contributed by atoms with van der Waals surface area (Å²) >= 11 is 2.98. The lowest BCUT2D eigenvalue weighted by Gasteiger charge is -2.35. The maximum absolute atomic E-state index is 13.1. The summed E-state index contributed by atoms with van der Waals surface area (Å²) in [5.41, 5.74) is 2.30. The lowest BCUT2D eigenvalue weighted by atomic mass is 10.2. The number of anilines is 1. The molecule has 0 spiro atoms. The molecule has 1 N–H and O–H groups in total. The number of rotatable bonds is 9. The number of hydrogen-bond acceptors (Lipinski definition) is 9. The molecule has 198 valence electrons. The molecule has 1 unspecified atom stereocenters. The third-order valence-corrected chi connectivity index (χ3v) is 11.0. The molecule has 0 aliphatic carbocycles. The molecule has 1 saturated heterocycles. The summed E-state index contributed by atoms with van der Waals surface area (Å²) in [6.45, 7) is 7.86. The number of para-hydroxylation sites is 1. The number of benzene rings is 1. The number of nitrogens with zero attached hydrogens (tertiary/aromatic N) is 4. The predicted octanol–water partition coefficient (Wildman–Crippen LogP) is 3.10. The fourth-order valence-electron chi connectivity index (χ4n) is 4.66. The monoisotopic (exact) mass is 561 g/mol. The zero-order valence-corrected chi connectivity index (χ0v) is 23.4. The van der Waals surface area contributed by atoms with E-state index in [4.69, 9.17) is 9.73 Å². The van der Waals surface area contributed by atoms with Crippen LogP contribution in [0.4, 0.5) is 5.69 Å². The SMILES string of the molecule is CCOC(=O)CN1CCN(CC2CN=C(c3cc4cccc(N(C)S(=O)(=O)c5cccs5)c4[nH]3)S2)CC1. The van der Waals surface area contributed by atoms with Crippen LogP contribution >= 0.6 is 23.1 Å². The van der Waals surface area contributed by atoms with E-state index in [9.17, 15) is 13.2 Å². The number of hydrogen-bond donors (Lipinski definition) is 1. The van der Waals surface area contributed by atoms with Crippen molar-refractivity contribution in [2.75, 3.05) is 63.8 Å². The molecule has 0 radical (unpaired) electrons. The summed E-state index contributed by atoms with van der Waals surface area (Å²) in [6.07, 6.45) is 0. The second kappa shape index (κ2) is 11.2. The molecule has 4 heterocycles. The number of sulfonamides is 1. The minimum atomic E-state index is -3.63. The number of carbonyl (C=O) groups is 1. The molecule has 2 aromatic heterocycles. The van der Waals surface area contributed by atoms with Gasteiger partial charge in [-0.15, -0.1) is 11.3 Å². The summed E-state index contributed by atoms with van der Waals surface area (Å²) in [5, 5.41) is 4.03. The van der Waals surface area contributed by atoms with E-state index in [1.54, 1.807) is 36.3 Å². The quantitative estimate of drug-likeness (QED) is 0.401. The van der Waals surface area contributed by atoms with Crippen molar-refractivity contribution in [3.05, 3.63) is 47.5 Å². The van der Waals surface area contributed by atoms with E-state index >= 15 is 0 Å². The number of aliphatic imine (C=N–C) groups is 1. The number of aromatic nitrogens is 1. The van der Waals surface area contributed by atoms with Gasteiger partial charge in [0.05, 0.1) is 36.6 Å². The van der Waals surface area contributed by atoms with Gasteiger partial charge in [-0.25, -0.2) is 8.42 Å². The van der Waals surface area contributed by atoms with Crippen LogP contribution in [0.25, 0.3) is 10.9 Å². The highest BCUT2D eigenvalue weighted by molar-refractivity contribution is 8.15. The second-order valence-electron chi connectivity index (χ2n) is 9.10. The zero-order valence-electron chi connectivity index (χ0n) is 20.9. The van der Waals surface area contributed by atoms with E-state index in [0.29, 0.717) is 28.3 Å². The summed E-state index contributed by atoms with van der Waals surface area (Å²) in [5.74, 6) is -0.155. The van der Waals surface area contributed by atoms with Crippen LogP contribution in [-0.2, 0) is 19.6 Å². The van der Waals surface area contributed by atoms with Gasteiger partial charge in [-0.05, 0) is 30.5 Å². The standard InChI is InChI=1S/C25H31N5O4S3/c1-3-34-22(31)17-30-11-9-29(10-12-30)16-19-15-26-25(36-19)20-14-18-6-4-7-21(24(18)27-20)28(2)37(32,33)23-8-5-13-35-23/h4-8,13-14,19,27H,3,9-12,15-17H2,1-2H3. The molecule has 0 amide bonds. The number of H-pyrrole nitrogens is 1. The van der Waals surface area contributed by atoms with Gasteiger partial charge in [0.15, 0.2) is 0 Å². The molecule has 1 atom stereocenters. The number of nitrogens with one attached hydrogen (secondary N) is 1. The molecule has 3 aromatic rings. The first kappa shape index (κ1) is 26.2. The summed E-state index contributed by atoms with van der Waals surface area (Å²) in [7, 11) is -2.04. The molecule has 0 bridgehead atoms. The van der Waals surface area contributed by atoms with Crippen LogP contribution in [0.5, 0.6) is 0 Å². The van der Waals surface area contributed by atoms with Crippen LogP contribution in [-0.4, -0.2) is 98.9 Å². The van der Waals surface area contributed by atoms with Gasteiger partial charge in [0.2, 0.25) is 0 Å². The first-order valence-corrected chi connectivity index (χ1v) is 15.5. The first-order chi connectivity index (χ1) is 17.8. The Bertz CT molecular complexity index is 1380. The van der Waals surface area contributed by atoms with E-state index in [1.165, 1.54) is 15.6 Å². The Hall–Kier alpha value is -2.38. The lowest BCUT2D eigenvalue weighted by molar-refractivity contribution is -0.144. The van der Waals surface area contributed by atoms with Gasteiger partial charge in [0, 0.05) is 50.4 Å². The van der Waals surface area contributed by atoms with Gasteiger partial charge in [-0.2, -0.15) is 0 Å². The van der Waals surface area contributed by atoms with Gasteiger partial charge >= 0.3 is 5.97 Å². The molecule has 2 aliphatic rings. The third kappa shape index (κ3) is 5.73. The van der Waals surface area contributed by atoms with Crippen molar-refractivity contribution in [2.24, 2.45) is 4.99 Å². The van der Waals surface area contributed by atoms with Crippen LogP contribution in [0.15, 0.2) is 51.0 Å². The molecular formula is C25H31N5O4S3. The van der Waals surface area contributed by atoms with Gasteiger partial charge in [-0.1, -0.05) is 30.0 Å². The minimum Gasteiger partial charge on any atom is -0.465 e. The minimum absolute atomic E-state index is 0.155. The van der Waals surface area contributed by atoms with E-state index in [-0.39, 0.29) is 5.97 Å². The number of piperazine rings is 1. The molecule has 37 heavy (non-hydrogen) atoms. The van der Waals surface area contributed by atoms with Crippen LogP contribution in [0.2, 0.25) is 0 Å². The maximum atomic E-state index is 13.1. The number of esters is 1. The summed E-state index contributed by atoms with van der Waals surface area (Å²) in [6, 6.07) is 11.1. The number of fused-ring (bicyclic) bond motifs is 1. The van der Waals surface area contributed by atoms with E-state index in [2.05, 4.69) is 14.8 Å². The zero-order chi connectivity index (χ0) is 26.0. The highest BCUT2D eigenvalue weighted by atomic mass is 32.2. The van der Waals surface area contributed by atoms with Crippen molar-refractivity contribution in [2.45, 2.75) is 16.4 Å². The van der Waals surface area contributed by atoms with Crippen molar-refractivity contribution >= 4 is 60.7 Å². The Morgan fingerprint density at radius 3 is 2.70 bits per heavy atom. The summed E-state index contributed by atoms with van der Waals surface area (Å²) in [4.78, 5) is 24.6. The molecule has 1 aromatic carbocycles. The number of aromatic amines is 1. The molecule has 0 saturated carbocycles. The fraction of sp³-hybridized carbons (Fsp3) is 0.440. The topological polar surface area (TPSA) is 98.3 Å². The van der Waals surface area contributed by atoms with Crippen LogP contribution in [0, 0.1) is 0 Å². The van der Waals surface area contributed by atoms with E-state index in [0.717, 1.165) is 60.9 Å². The molecule has 2 aliphatic heterocycles. The van der Waals surface area contributed by atoms with Crippen LogP contribution in [0.1, 0.15) is 12.6 Å². The van der Waals surface area contributed by atoms with Crippen LogP contribution in [0.3, 0.4) is 0 Å². The number of thiophene rings is 1. The largest absolute Gasteiger partial charge is 0.465 e. The summed E-state index contributed by atoms with van der Waals surface area (Å²) < 4.78 is 32.9. The molecule has 12 heteroatoms. The Kier molecular flexibility index (Phi) is 7.91. The average Bonchev–Trinajstić information content (AvgIpc) is 3.65. The van der Waals surface area contributed by atoms with Gasteiger partial charge in [0.25, 0.3) is 10.0 Å². The van der Waals surface area contributed by atoms with Crippen LogP contribution < -0.4 is 4.31 Å². The van der Waals surface area contributed by atoms with Crippen molar-refractivity contribution in [3.8, 4) is 0 Å². The number of ether oxygens (including phenoxy) is 1. The number of thioether (sulfide) groups is 1. The Balaban J connectivity index is 1.22. The molecule has 5 rings (SSSR count).